The maximum Gasteiger partial charge on any atom is 0.150 e. The molecular formula is C11H13FOS. The van der Waals surface area contributed by atoms with Crippen LogP contribution in [0.2, 0.25) is 0 Å². The third kappa shape index (κ3) is 3.14. The Labute approximate surface area is 87.7 Å². The first-order valence-electron chi connectivity index (χ1n) is 4.65. The van der Waals surface area contributed by atoms with Gasteiger partial charge in [0.15, 0.2) is 0 Å². The Balaban J connectivity index is 2.64. The van der Waals surface area contributed by atoms with Crippen molar-refractivity contribution in [1.29, 1.82) is 0 Å². The number of rotatable bonds is 5. The van der Waals surface area contributed by atoms with E-state index < -0.39 is 0 Å². The van der Waals surface area contributed by atoms with Gasteiger partial charge in [-0.15, -0.1) is 11.8 Å². The molecule has 0 saturated carbocycles. The van der Waals surface area contributed by atoms with Crippen molar-refractivity contribution >= 4 is 18.0 Å². The fourth-order valence-electron chi connectivity index (χ4n) is 1.03. The molecule has 1 aromatic carbocycles. The Bertz CT molecular complexity index is 312. The number of hydrogen-bond acceptors (Lipinski definition) is 2. The number of carbonyl (C=O) groups is 1. The Kier molecular flexibility index (Phi) is 4.66. The van der Waals surface area contributed by atoms with Crippen molar-refractivity contribution in [3.05, 3.63) is 29.6 Å². The molecule has 0 N–H and O–H groups in total. The van der Waals surface area contributed by atoms with Crippen molar-refractivity contribution in [2.24, 2.45) is 0 Å². The normalized spacial score (nSPS) is 10.1. The second-order valence-electron chi connectivity index (χ2n) is 3.01. The molecule has 76 valence electrons. The first-order valence-corrected chi connectivity index (χ1v) is 5.64. The molecule has 0 amide bonds. The van der Waals surface area contributed by atoms with E-state index in [-0.39, 0.29) is 5.82 Å². The molecule has 0 radical (unpaired) electrons. The van der Waals surface area contributed by atoms with E-state index in [1.54, 1.807) is 12.1 Å². The lowest BCUT2D eigenvalue weighted by Crippen LogP contribution is -1.87. The summed E-state index contributed by atoms with van der Waals surface area (Å²) in [7, 11) is 0. The number of aldehydes is 1. The molecule has 1 rings (SSSR count). The smallest absolute Gasteiger partial charge is 0.150 e. The summed E-state index contributed by atoms with van der Waals surface area (Å²) in [6.07, 6.45) is 2.85. The maximum atomic E-state index is 13.3. The molecule has 0 aromatic heterocycles. The molecule has 0 bridgehead atoms. The third-order valence-corrected chi connectivity index (χ3v) is 2.98. The van der Waals surface area contributed by atoms with Crippen LogP contribution in [0.4, 0.5) is 4.39 Å². The largest absolute Gasteiger partial charge is 0.298 e. The molecule has 3 heteroatoms. The SMILES string of the molecule is CCCCSc1ccc(C=O)cc1F. The molecular weight excluding hydrogens is 199 g/mol. The molecule has 0 saturated heterocycles. The third-order valence-electron chi connectivity index (χ3n) is 1.85. The van der Waals surface area contributed by atoms with E-state index in [2.05, 4.69) is 6.92 Å². The minimum atomic E-state index is -0.296. The van der Waals surface area contributed by atoms with Crippen molar-refractivity contribution in [3.8, 4) is 0 Å². The molecule has 0 aliphatic carbocycles. The van der Waals surface area contributed by atoms with E-state index >= 15 is 0 Å². The van der Waals surface area contributed by atoms with Gasteiger partial charge in [0.05, 0.1) is 0 Å². The highest BCUT2D eigenvalue weighted by molar-refractivity contribution is 7.99. The summed E-state index contributed by atoms with van der Waals surface area (Å²) in [5.74, 6) is 0.629. The molecule has 0 aliphatic heterocycles. The number of thioether (sulfide) groups is 1. The van der Waals surface area contributed by atoms with Gasteiger partial charge in [0.25, 0.3) is 0 Å². The number of halogens is 1. The first kappa shape index (κ1) is 11.2. The van der Waals surface area contributed by atoms with Crippen LogP contribution in [0.3, 0.4) is 0 Å². The minimum absolute atomic E-state index is 0.296. The lowest BCUT2D eigenvalue weighted by molar-refractivity contribution is 0.112. The van der Waals surface area contributed by atoms with Gasteiger partial charge in [0.1, 0.15) is 12.1 Å². The average molecular weight is 212 g/mol. The summed E-state index contributed by atoms with van der Waals surface area (Å²) in [4.78, 5) is 11.0. The molecule has 0 spiro atoms. The van der Waals surface area contributed by atoms with E-state index in [0.29, 0.717) is 16.7 Å². The Morgan fingerprint density at radius 2 is 2.29 bits per heavy atom. The van der Waals surface area contributed by atoms with Crippen LogP contribution >= 0.6 is 11.8 Å². The van der Waals surface area contributed by atoms with Gasteiger partial charge in [-0.1, -0.05) is 19.4 Å². The van der Waals surface area contributed by atoms with Crippen molar-refractivity contribution in [1.82, 2.24) is 0 Å². The lowest BCUT2D eigenvalue weighted by Gasteiger charge is -2.02. The summed E-state index contributed by atoms with van der Waals surface area (Å²) in [5.41, 5.74) is 0.391. The number of unbranched alkanes of at least 4 members (excludes halogenated alkanes) is 1. The van der Waals surface area contributed by atoms with E-state index in [4.69, 9.17) is 0 Å². The zero-order chi connectivity index (χ0) is 10.4. The molecule has 0 aliphatic rings. The van der Waals surface area contributed by atoms with Crippen LogP contribution in [0.5, 0.6) is 0 Å². The maximum absolute atomic E-state index is 13.3. The summed E-state index contributed by atoms with van der Waals surface area (Å²) in [6.45, 7) is 2.10. The number of benzene rings is 1. The van der Waals surface area contributed by atoms with Crippen LogP contribution in [0, 0.1) is 5.82 Å². The number of hydrogen-bond donors (Lipinski definition) is 0. The van der Waals surface area contributed by atoms with Crippen LogP contribution in [0.25, 0.3) is 0 Å². The van der Waals surface area contributed by atoms with E-state index in [1.165, 1.54) is 17.8 Å². The Morgan fingerprint density at radius 1 is 1.50 bits per heavy atom. The molecule has 0 fully saturated rings. The quantitative estimate of drug-likeness (QED) is 0.422. The number of carbonyl (C=O) groups excluding carboxylic acids is 1. The van der Waals surface area contributed by atoms with Crippen LogP contribution in [0.15, 0.2) is 23.1 Å². The zero-order valence-corrected chi connectivity index (χ0v) is 8.94. The second-order valence-corrected chi connectivity index (χ2v) is 4.15. The van der Waals surface area contributed by atoms with E-state index in [1.807, 2.05) is 0 Å². The predicted octanol–water partition coefficient (Wildman–Crippen LogP) is 3.53. The first-order chi connectivity index (χ1) is 6.77. The van der Waals surface area contributed by atoms with Gasteiger partial charge >= 0.3 is 0 Å². The van der Waals surface area contributed by atoms with Gasteiger partial charge in [-0.25, -0.2) is 4.39 Å². The standard InChI is InChI=1S/C11H13FOS/c1-2-3-6-14-11-5-4-9(8-13)7-10(11)12/h4-5,7-8H,2-3,6H2,1H3. The Hall–Kier alpha value is -0.830. The van der Waals surface area contributed by atoms with Crippen LogP contribution in [0.1, 0.15) is 30.1 Å². The lowest BCUT2D eigenvalue weighted by atomic mass is 10.2. The van der Waals surface area contributed by atoms with E-state index in [0.717, 1.165) is 18.6 Å². The summed E-state index contributed by atoms with van der Waals surface area (Å²) < 4.78 is 13.3. The van der Waals surface area contributed by atoms with Gasteiger partial charge in [0, 0.05) is 10.5 Å². The van der Waals surface area contributed by atoms with Gasteiger partial charge in [0.2, 0.25) is 0 Å². The van der Waals surface area contributed by atoms with Gasteiger partial charge in [-0.3, -0.25) is 4.79 Å². The molecule has 0 unspecified atom stereocenters. The summed E-state index contributed by atoms with van der Waals surface area (Å²) in [6, 6.07) is 4.59. The average Bonchev–Trinajstić information content (AvgIpc) is 2.20. The van der Waals surface area contributed by atoms with Crippen molar-refractivity contribution in [2.75, 3.05) is 5.75 Å². The fourth-order valence-corrected chi connectivity index (χ4v) is 2.05. The fraction of sp³-hybridized carbons (Fsp3) is 0.364. The topological polar surface area (TPSA) is 17.1 Å². The highest BCUT2D eigenvalue weighted by Crippen LogP contribution is 2.23. The highest BCUT2D eigenvalue weighted by Gasteiger charge is 2.03. The van der Waals surface area contributed by atoms with Crippen LogP contribution in [-0.2, 0) is 0 Å². The van der Waals surface area contributed by atoms with Crippen LogP contribution in [-0.4, -0.2) is 12.0 Å². The molecule has 14 heavy (non-hydrogen) atoms. The van der Waals surface area contributed by atoms with Gasteiger partial charge in [-0.2, -0.15) is 0 Å². The molecule has 1 nitrogen and oxygen atoms in total. The van der Waals surface area contributed by atoms with Crippen LogP contribution < -0.4 is 0 Å². The van der Waals surface area contributed by atoms with Crippen molar-refractivity contribution < 1.29 is 9.18 Å². The van der Waals surface area contributed by atoms with E-state index in [9.17, 15) is 9.18 Å². The molecule has 1 aromatic rings. The predicted molar refractivity (Wildman–Crippen MR) is 57.4 cm³/mol. The molecule has 0 heterocycles. The second kappa shape index (κ2) is 5.81. The molecule has 0 atom stereocenters. The minimum Gasteiger partial charge on any atom is -0.298 e. The summed E-state index contributed by atoms with van der Waals surface area (Å²) >= 11 is 1.50. The van der Waals surface area contributed by atoms with Gasteiger partial charge < -0.3 is 0 Å². The summed E-state index contributed by atoms with van der Waals surface area (Å²) in [5, 5.41) is 0. The van der Waals surface area contributed by atoms with Gasteiger partial charge in [-0.05, 0) is 24.3 Å². The van der Waals surface area contributed by atoms with Crippen molar-refractivity contribution in [2.45, 2.75) is 24.7 Å². The Morgan fingerprint density at radius 3 is 2.86 bits per heavy atom. The van der Waals surface area contributed by atoms with Crippen molar-refractivity contribution in [3.63, 3.8) is 0 Å². The zero-order valence-electron chi connectivity index (χ0n) is 8.13. The monoisotopic (exact) mass is 212 g/mol. The highest BCUT2D eigenvalue weighted by atomic mass is 32.2.